The molecule has 0 aliphatic carbocycles. The van der Waals surface area contributed by atoms with Crippen LogP contribution in [0.2, 0.25) is 0 Å². The highest BCUT2D eigenvalue weighted by Crippen LogP contribution is 2.25. The lowest BCUT2D eigenvalue weighted by molar-refractivity contribution is 0.0746. The van der Waals surface area contributed by atoms with Gasteiger partial charge in [0.1, 0.15) is 11.5 Å². The van der Waals surface area contributed by atoms with E-state index in [9.17, 15) is 4.79 Å². The second-order valence-electron chi connectivity index (χ2n) is 5.65. The van der Waals surface area contributed by atoms with Gasteiger partial charge in [-0.2, -0.15) is 0 Å². The summed E-state index contributed by atoms with van der Waals surface area (Å²) >= 11 is 1.65. The second kappa shape index (κ2) is 7.09. The van der Waals surface area contributed by atoms with Crippen LogP contribution in [-0.2, 0) is 0 Å². The standard InChI is InChI=1S/C17H21N3O3S/c1-12-11-24-17(18-12)20-6-4-19(5-7-20)16(21)13-8-14(22-2)10-15(9-13)23-3/h8-11H,4-7H2,1-3H3. The van der Waals surface area contributed by atoms with Crippen molar-refractivity contribution in [2.75, 3.05) is 45.3 Å². The van der Waals surface area contributed by atoms with Gasteiger partial charge in [0.15, 0.2) is 5.13 Å². The number of carbonyl (C=O) groups is 1. The zero-order valence-corrected chi connectivity index (χ0v) is 14.9. The van der Waals surface area contributed by atoms with E-state index in [0.29, 0.717) is 30.2 Å². The summed E-state index contributed by atoms with van der Waals surface area (Å²) in [6.07, 6.45) is 0. The van der Waals surface area contributed by atoms with Gasteiger partial charge in [-0.15, -0.1) is 11.3 Å². The molecule has 1 fully saturated rings. The van der Waals surface area contributed by atoms with Crippen LogP contribution in [0.5, 0.6) is 11.5 Å². The van der Waals surface area contributed by atoms with Crippen LogP contribution in [0, 0.1) is 6.92 Å². The summed E-state index contributed by atoms with van der Waals surface area (Å²) in [5, 5.41) is 3.08. The fourth-order valence-electron chi connectivity index (χ4n) is 2.70. The molecule has 3 rings (SSSR count). The lowest BCUT2D eigenvalue weighted by Crippen LogP contribution is -2.48. The fourth-order valence-corrected chi connectivity index (χ4v) is 3.56. The van der Waals surface area contributed by atoms with Crippen LogP contribution in [-0.4, -0.2) is 56.2 Å². The SMILES string of the molecule is COc1cc(OC)cc(C(=O)N2CCN(c3nc(C)cs3)CC2)c1. The first-order chi connectivity index (χ1) is 11.6. The highest BCUT2D eigenvalue weighted by molar-refractivity contribution is 7.13. The molecule has 0 saturated carbocycles. The number of anilines is 1. The molecule has 1 saturated heterocycles. The zero-order chi connectivity index (χ0) is 17.1. The Morgan fingerprint density at radius 1 is 1.08 bits per heavy atom. The molecule has 0 N–H and O–H groups in total. The monoisotopic (exact) mass is 347 g/mol. The summed E-state index contributed by atoms with van der Waals surface area (Å²) in [7, 11) is 3.16. The Morgan fingerprint density at radius 2 is 1.71 bits per heavy atom. The number of carbonyl (C=O) groups excluding carboxylic acids is 1. The minimum Gasteiger partial charge on any atom is -0.497 e. The molecule has 128 valence electrons. The van der Waals surface area contributed by atoms with Crippen molar-refractivity contribution in [3.8, 4) is 11.5 Å². The molecule has 0 spiro atoms. The van der Waals surface area contributed by atoms with Crippen LogP contribution in [0.1, 0.15) is 16.1 Å². The molecule has 0 bridgehead atoms. The first-order valence-corrected chi connectivity index (χ1v) is 8.68. The third-order valence-electron chi connectivity index (χ3n) is 4.04. The molecule has 1 aliphatic heterocycles. The third-order valence-corrected chi connectivity index (χ3v) is 5.06. The Hall–Kier alpha value is -2.28. The van der Waals surface area contributed by atoms with E-state index in [2.05, 4.69) is 15.3 Å². The molecule has 1 aromatic carbocycles. The van der Waals surface area contributed by atoms with Gasteiger partial charge in [-0.25, -0.2) is 4.98 Å². The van der Waals surface area contributed by atoms with Gasteiger partial charge in [-0.05, 0) is 19.1 Å². The molecule has 6 nitrogen and oxygen atoms in total. The number of benzene rings is 1. The van der Waals surface area contributed by atoms with Crippen molar-refractivity contribution >= 4 is 22.4 Å². The Kier molecular flexibility index (Phi) is 4.89. The van der Waals surface area contributed by atoms with Gasteiger partial charge in [0.2, 0.25) is 0 Å². The van der Waals surface area contributed by atoms with Crippen LogP contribution < -0.4 is 14.4 Å². The average Bonchev–Trinajstić information content (AvgIpc) is 3.07. The van der Waals surface area contributed by atoms with Crippen molar-refractivity contribution in [1.82, 2.24) is 9.88 Å². The minimum atomic E-state index is 0.00201. The number of methoxy groups -OCH3 is 2. The van der Waals surface area contributed by atoms with E-state index in [1.54, 1.807) is 43.8 Å². The molecule has 2 aromatic rings. The van der Waals surface area contributed by atoms with Crippen molar-refractivity contribution in [2.24, 2.45) is 0 Å². The summed E-state index contributed by atoms with van der Waals surface area (Å²) in [5.41, 5.74) is 1.63. The van der Waals surface area contributed by atoms with E-state index >= 15 is 0 Å². The van der Waals surface area contributed by atoms with Crippen molar-refractivity contribution in [3.63, 3.8) is 0 Å². The molecule has 1 aliphatic rings. The number of ether oxygens (including phenoxy) is 2. The van der Waals surface area contributed by atoms with Crippen LogP contribution >= 0.6 is 11.3 Å². The van der Waals surface area contributed by atoms with Gasteiger partial charge in [0.25, 0.3) is 5.91 Å². The number of thiazole rings is 1. The molecule has 0 radical (unpaired) electrons. The number of nitrogens with zero attached hydrogens (tertiary/aromatic N) is 3. The van der Waals surface area contributed by atoms with Crippen LogP contribution in [0.4, 0.5) is 5.13 Å². The van der Waals surface area contributed by atoms with Crippen molar-refractivity contribution in [2.45, 2.75) is 6.92 Å². The Bertz CT molecular complexity index is 701. The summed E-state index contributed by atoms with van der Waals surface area (Å²) in [6.45, 7) is 4.93. The van der Waals surface area contributed by atoms with Gasteiger partial charge in [0.05, 0.1) is 19.9 Å². The molecule has 0 atom stereocenters. The highest BCUT2D eigenvalue weighted by Gasteiger charge is 2.24. The van der Waals surface area contributed by atoms with Gasteiger partial charge < -0.3 is 19.3 Å². The predicted molar refractivity (Wildman–Crippen MR) is 94.5 cm³/mol. The van der Waals surface area contributed by atoms with Crippen molar-refractivity contribution in [3.05, 3.63) is 34.8 Å². The molecular weight excluding hydrogens is 326 g/mol. The van der Waals surface area contributed by atoms with Crippen LogP contribution in [0.3, 0.4) is 0 Å². The molecule has 2 heterocycles. The lowest BCUT2D eigenvalue weighted by atomic mass is 10.1. The van der Waals surface area contributed by atoms with Gasteiger partial charge in [-0.1, -0.05) is 0 Å². The normalized spacial score (nSPS) is 14.6. The van der Waals surface area contributed by atoms with E-state index in [-0.39, 0.29) is 5.91 Å². The van der Waals surface area contributed by atoms with Crippen LogP contribution in [0.15, 0.2) is 23.6 Å². The van der Waals surface area contributed by atoms with Crippen molar-refractivity contribution in [1.29, 1.82) is 0 Å². The Labute approximate surface area is 145 Å². The topological polar surface area (TPSA) is 54.9 Å². The van der Waals surface area contributed by atoms with Crippen molar-refractivity contribution < 1.29 is 14.3 Å². The van der Waals surface area contributed by atoms with Crippen LogP contribution in [0.25, 0.3) is 0 Å². The molecule has 0 unspecified atom stereocenters. The molecule has 24 heavy (non-hydrogen) atoms. The van der Waals surface area contributed by atoms with E-state index in [4.69, 9.17) is 9.47 Å². The molecule has 1 amide bonds. The third kappa shape index (κ3) is 3.46. The molecular formula is C17H21N3O3S. The number of hydrogen-bond donors (Lipinski definition) is 0. The number of amides is 1. The smallest absolute Gasteiger partial charge is 0.254 e. The van der Waals surface area contributed by atoms with Gasteiger partial charge in [0, 0.05) is 43.2 Å². The Morgan fingerprint density at radius 3 is 2.21 bits per heavy atom. The predicted octanol–water partition coefficient (Wildman–Crippen LogP) is 2.43. The first-order valence-electron chi connectivity index (χ1n) is 7.80. The van der Waals surface area contributed by atoms with Gasteiger partial charge in [-0.3, -0.25) is 4.79 Å². The lowest BCUT2D eigenvalue weighted by Gasteiger charge is -2.34. The summed E-state index contributed by atoms with van der Waals surface area (Å²) in [6, 6.07) is 5.27. The highest BCUT2D eigenvalue weighted by atomic mass is 32.1. The van der Waals surface area contributed by atoms with E-state index < -0.39 is 0 Å². The molecule has 7 heteroatoms. The van der Waals surface area contributed by atoms with E-state index in [1.165, 1.54) is 0 Å². The maximum atomic E-state index is 12.8. The van der Waals surface area contributed by atoms with E-state index in [1.807, 2.05) is 11.8 Å². The molecule has 1 aromatic heterocycles. The Balaban J connectivity index is 1.69. The fraction of sp³-hybridized carbons (Fsp3) is 0.412. The largest absolute Gasteiger partial charge is 0.497 e. The summed E-state index contributed by atoms with van der Waals surface area (Å²) in [4.78, 5) is 21.4. The first kappa shape index (κ1) is 16.6. The van der Waals surface area contributed by atoms with E-state index in [0.717, 1.165) is 23.9 Å². The number of rotatable bonds is 4. The number of piperazine rings is 1. The number of aromatic nitrogens is 1. The quantitative estimate of drug-likeness (QED) is 0.850. The second-order valence-corrected chi connectivity index (χ2v) is 6.49. The maximum absolute atomic E-state index is 12.8. The number of hydrogen-bond acceptors (Lipinski definition) is 6. The zero-order valence-electron chi connectivity index (χ0n) is 14.1. The summed E-state index contributed by atoms with van der Waals surface area (Å²) in [5.74, 6) is 1.24. The summed E-state index contributed by atoms with van der Waals surface area (Å²) < 4.78 is 10.5. The van der Waals surface area contributed by atoms with Gasteiger partial charge >= 0.3 is 0 Å². The average molecular weight is 347 g/mol. The maximum Gasteiger partial charge on any atom is 0.254 e. The minimum absolute atomic E-state index is 0.00201. The number of aryl methyl sites for hydroxylation is 1.